The van der Waals surface area contributed by atoms with E-state index in [0.717, 1.165) is 30.1 Å². The average Bonchev–Trinajstić information content (AvgIpc) is 2.67. The van der Waals surface area contributed by atoms with E-state index < -0.39 is 0 Å². The molecule has 1 N–H and O–H groups in total. The summed E-state index contributed by atoms with van der Waals surface area (Å²) in [5.41, 5.74) is 1.14. The molecule has 1 heterocycles. The van der Waals surface area contributed by atoms with Crippen LogP contribution in [-0.2, 0) is 11.3 Å². The van der Waals surface area contributed by atoms with E-state index in [1.807, 2.05) is 24.3 Å². The molecule has 1 aromatic carbocycles. The predicted octanol–water partition coefficient (Wildman–Crippen LogP) is 2.22. The van der Waals surface area contributed by atoms with Gasteiger partial charge in [-0.25, -0.2) is 0 Å². The van der Waals surface area contributed by atoms with Crippen molar-refractivity contribution in [2.75, 3.05) is 13.1 Å². The Labute approximate surface area is 89.2 Å². The molecule has 2 nitrogen and oxygen atoms in total. The Morgan fingerprint density at radius 3 is 3.14 bits per heavy atom. The quantitative estimate of drug-likeness (QED) is 0.828. The molecule has 1 atom stereocenters. The fraction of sp³-hybridized carbons (Fsp3) is 0.455. The molecule has 1 aliphatic heterocycles. The first-order valence-corrected chi connectivity index (χ1v) is 5.29. The molecule has 0 unspecified atom stereocenters. The van der Waals surface area contributed by atoms with Gasteiger partial charge in [-0.2, -0.15) is 0 Å². The lowest BCUT2D eigenvalue weighted by Gasteiger charge is -2.10. The Kier molecular flexibility index (Phi) is 3.40. The van der Waals surface area contributed by atoms with Gasteiger partial charge in [0.15, 0.2) is 0 Å². The van der Waals surface area contributed by atoms with E-state index in [9.17, 15) is 0 Å². The van der Waals surface area contributed by atoms with E-state index in [-0.39, 0.29) is 0 Å². The molecule has 1 fully saturated rings. The highest BCUT2D eigenvalue weighted by atomic mass is 35.5. The molecule has 3 heteroatoms. The third-order valence-corrected chi connectivity index (χ3v) is 2.62. The molecule has 2 rings (SSSR count). The molecule has 76 valence electrons. The number of hydrogen-bond donors (Lipinski definition) is 1. The fourth-order valence-corrected chi connectivity index (χ4v) is 1.82. The summed E-state index contributed by atoms with van der Waals surface area (Å²) in [5.74, 6) is 0. The van der Waals surface area contributed by atoms with Crippen LogP contribution in [0, 0.1) is 0 Å². The normalized spacial score (nSPS) is 21.4. The first-order chi connectivity index (χ1) is 6.84. The molecule has 0 amide bonds. The molecule has 0 spiro atoms. The number of nitrogens with one attached hydrogen (secondary N) is 1. The third kappa shape index (κ3) is 2.71. The molecule has 1 aliphatic rings. The highest BCUT2D eigenvalue weighted by Crippen LogP contribution is 2.13. The molecular weight excluding hydrogens is 198 g/mol. The average molecular weight is 212 g/mol. The standard InChI is InChI=1S/C11H14ClNO/c12-10-3-1-2-9(6-10)8-14-11-4-5-13-7-11/h1-3,6,11,13H,4-5,7-8H2/t11-/m0/s1. The summed E-state index contributed by atoms with van der Waals surface area (Å²) in [7, 11) is 0. The molecule has 0 aromatic heterocycles. The van der Waals surface area contributed by atoms with Crippen LogP contribution in [0.25, 0.3) is 0 Å². The second-order valence-electron chi connectivity index (χ2n) is 3.56. The lowest BCUT2D eigenvalue weighted by molar-refractivity contribution is 0.0542. The molecule has 0 radical (unpaired) electrons. The van der Waals surface area contributed by atoms with Gasteiger partial charge < -0.3 is 10.1 Å². The van der Waals surface area contributed by atoms with Crippen molar-refractivity contribution in [3.05, 3.63) is 34.9 Å². The van der Waals surface area contributed by atoms with Crippen molar-refractivity contribution in [1.29, 1.82) is 0 Å². The first-order valence-electron chi connectivity index (χ1n) is 4.91. The van der Waals surface area contributed by atoms with Crippen LogP contribution < -0.4 is 5.32 Å². The summed E-state index contributed by atoms with van der Waals surface area (Å²) in [6, 6.07) is 7.81. The zero-order valence-electron chi connectivity index (χ0n) is 8.00. The molecule has 1 aromatic rings. The fourth-order valence-electron chi connectivity index (χ4n) is 1.61. The van der Waals surface area contributed by atoms with Crippen LogP contribution in [0.3, 0.4) is 0 Å². The van der Waals surface area contributed by atoms with Crippen molar-refractivity contribution in [1.82, 2.24) is 5.32 Å². The zero-order chi connectivity index (χ0) is 9.80. The summed E-state index contributed by atoms with van der Waals surface area (Å²) >= 11 is 5.87. The van der Waals surface area contributed by atoms with Gasteiger partial charge in [-0.1, -0.05) is 23.7 Å². The summed E-state index contributed by atoms with van der Waals surface area (Å²) in [6.45, 7) is 2.70. The number of ether oxygens (including phenoxy) is 1. The van der Waals surface area contributed by atoms with Crippen molar-refractivity contribution in [3.63, 3.8) is 0 Å². The van der Waals surface area contributed by atoms with Crippen molar-refractivity contribution < 1.29 is 4.74 Å². The van der Waals surface area contributed by atoms with Gasteiger partial charge in [-0.05, 0) is 30.7 Å². The van der Waals surface area contributed by atoms with Gasteiger partial charge in [0.05, 0.1) is 12.7 Å². The minimum Gasteiger partial charge on any atom is -0.372 e. The van der Waals surface area contributed by atoms with Crippen LogP contribution in [-0.4, -0.2) is 19.2 Å². The number of rotatable bonds is 3. The maximum absolute atomic E-state index is 5.87. The second kappa shape index (κ2) is 4.78. The largest absolute Gasteiger partial charge is 0.372 e. The van der Waals surface area contributed by atoms with Crippen molar-refractivity contribution >= 4 is 11.6 Å². The third-order valence-electron chi connectivity index (χ3n) is 2.39. The minimum atomic E-state index is 0.369. The second-order valence-corrected chi connectivity index (χ2v) is 3.99. The molecule has 14 heavy (non-hydrogen) atoms. The molecule has 0 bridgehead atoms. The van der Waals surface area contributed by atoms with Gasteiger partial charge in [0.2, 0.25) is 0 Å². The Morgan fingerprint density at radius 2 is 2.43 bits per heavy atom. The summed E-state index contributed by atoms with van der Waals surface area (Å²) in [4.78, 5) is 0. The van der Waals surface area contributed by atoms with Gasteiger partial charge in [0, 0.05) is 11.6 Å². The van der Waals surface area contributed by atoms with Crippen molar-refractivity contribution in [2.45, 2.75) is 19.1 Å². The number of hydrogen-bond acceptors (Lipinski definition) is 2. The summed E-state index contributed by atoms with van der Waals surface area (Å²) in [5, 5.41) is 4.04. The SMILES string of the molecule is Clc1cccc(CO[C@H]2CCNC2)c1. The van der Waals surface area contributed by atoms with E-state index in [0.29, 0.717) is 12.7 Å². The minimum absolute atomic E-state index is 0.369. The van der Waals surface area contributed by atoms with Gasteiger partial charge >= 0.3 is 0 Å². The van der Waals surface area contributed by atoms with E-state index in [1.54, 1.807) is 0 Å². The van der Waals surface area contributed by atoms with E-state index in [4.69, 9.17) is 16.3 Å². The van der Waals surface area contributed by atoms with E-state index in [2.05, 4.69) is 5.32 Å². The Hall–Kier alpha value is -0.570. The Bertz CT molecular complexity index is 297. The van der Waals surface area contributed by atoms with Gasteiger partial charge in [-0.15, -0.1) is 0 Å². The topological polar surface area (TPSA) is 21.3 Å². The lowest BCUT2D eigenvalue weighted by atomic mass is 10.2. The zero-order valence-corrected chi connectivity index (χ0v) is 8.76. The van der Waals surface area contributed by atoms with E-state index in [1.165, 1.54) is 0 Å². The van der Waals surface area contributed by atoms with Crippen LogP contribution in [0.15, 0.2) is 24.3 Å². The Morgan fingerprint density at radius 1 is 1.50 bits per heavy atom. The van der Waals surface area contributed by atoms with Crippen LogP contribution in [0.5, 0.6) is 0 Å². The predicted molar refractivity (Wildman–Crippen MR) is 57.5 cm³/mol. The lowest BCUT2D eigenvalue weighted by Crippen LogP contribution is -2.16. The van der Waals surface area contributed by atoms with Gasteiger partial charge in [-0.3, -0.25) is 0 Å². The highest BCUT2D eigenvalue weighted by Gasteiger charge is 2.14. The highest BCUT2D eigenvalue weighted by molar-refractivity contribution is 6.30. The van der Waals surface area contributed by atoms with Crippen LogP contribution >= 0.6 is 11.6 Å². The first kappa shape index (κ1) is 9.97. The smallest absolute Gasteiger partial charge is 0.0721 e. The number of benzene rings is 1. The maximum atomic E-state index is 5.87. The monoisotopic (exact) mass is 211 g/mol. The van der Waals surface area contributed by atoms with Crippen molar-refractivity contribution in [2.24, 2.45) is 0 Å². The number of halogens is 1. The van der Waals surface area contributed by atoms with Gasteiger partial charge in [0.1, 0.15) is 0 Å². The molecule has 0 saturated carbocycles. The van der Waals surface area contributed by atoms with Crippen LogP contribution in [0.2, 0.25) is 5.02 Å². The summed E-state index contributed by atoms with van der Waals surface area (Å²) in [6.07, 6.45) is 1.48. The summed E-state index contributed by atoms with van der Waals surface area (Å²) < 4.78 is 5.72. The van der Waals surface area contributed by atoms with Crippen LogP contribution in [0.4, 0.5) is 0 Å². The maximum Gasteiger partial charge on any atom is 0.0721 e. The molecule has 1 saturated heterocycles. The molecule has 0 aliphatic carbocycles. The van der Waals surface area contributed by atoms with E-state index >= 15 is 0 Å². The molecular formula is C11H14ClNO. The van der Waals surface area contributed by atoms with Gasteiger partial charge in [0.25, 0.3) is 0 Å². The van der Waals surface area contributed by atoms with Crippen molar-refractivity contribution in [3.8, 4) is 0 Å². The van der Waals surface area contributed by atoms with Crippen LogP contribution in [0.1, 0.15) is 12.0 Å². The Balaban J connectivity index is 1.85.